The molecule has 36 heavy (non-hydrogen) atoms. The van der Waals surface area contributed by atoms with Crippen molar-refractivity contribution in [2.45, 2.75) is 0 Å². The van der Waals surface area contributed by atoms with E-state index in [0.29, 0.717) is 17.1 Å². The first kappa shape index (κ1) is 22.5. The highest BCUT2D eigenvalue weighted by Gasteiger charge is 2.18. The van der Waals surface area contributed by atoms with Crippen molar-refractivity contribution in [1.82, 2.24) is 0 Å². The topological polar surface area (TPSA) is 40.6 Å². The van der Waals surface area contributed by atoms with Crippen molar-refractivity contribution in [3.05, 3.63) is 155 Å². The zero-order valence-corrected chi connectivity index (χ0v) is 19.4. The van der Waals surface area contributed by atoms with Crippen LogP contribution in [0, 0.1) is 17.9 Å². The molecule has 4 heteroatoms. The molecule has 4 aromatic rings. The number of fused-ring (bicyclic) bond motifs is 1. The fourth-order valence-electron chi connectivity index (χ4n) is 4.09. The molecular weight excluding hydrogens is 442 g/mol. The number of hydrogen-bond acceptors (Lipinski definition) is 3. The van der Waals surface area contributed by atoms with Crippen molar-refractivity contribution in [1.29, 1.82) is 5.26 Å². The van der Waals surface area contributed by atoms with E-state index in [1.54, 1.807) is 6.08 Å². The monoisotopic (exact) mass is 463 g/mol. The summed E-state index contributed by atoms with van der Waals surface area (Å²) in [6.45, 7) is 7.37. The van der Waals surface area contributed by atoms with Crippen molar-refractivity contribution in [2.75, 3.05) is 4.90 Å². The van der Waals surface area contributed by atoms with Crippen molar-refractivity contribution < 1.29 is 4.74 Å². The van der Waals surface area contributed by atoms with E-state index in [4.69, 9.17) is 11.3 Å². The largest absolute Gasteiger partial charge is 0.457 e. The maximum Gasteiger partial charge on any atom is 0.269 e. The predicted octanol–water partition coefficient (Wildman–Crippen LogP) is 8.30. The van der Waals surface area contributed by atoms with Crippen LogP contribution >= 0.6 is 0 Å². The third-order valence-electron chi connectivity index (χ3n) is 5.78. The van der Waals surface area contributed by atoms with Gasteiger partial charge in [-0.25, -0.2) is 10.1 Å². The van der Waals surface area contributed by atoms with Gasteiger partial charge in [-0.3, -0.25) is 0 Å². The van der Waals surface area contributed by atoms with Crippen molar-refractivity contribution >= 4 is 28.7 Å². The molecule has 1 aliphatic rings. The van der Waals surface area contributed by atoms with Crippen molar-refractivity contribution in [2.24, 2.45) is 0 Å². The molecule has 4 nitrogen and oxygen atoms in total. The molecule has 0 aromatic heterocycles. The number of benzene rings is 4. The average molecular weight is 464 g/mol. The molecular formula is C32H21N3O. The van der Waals surface area contributed by atoms with Crippen LogP contribution in [0.4, 0.5) is 17.1 Å². The summed E-state index contributed by atoms with van der Waals surface area (Å²) in [7, 11) is 0. The third-order valence-corrected chi connectivity index (χ3v) is 5.78. The Morgan fingerprint density at radius 1 is 0.750 bits per heavy atom. The van der Waals surface area contributed by atoms with Gasteiger partial charge in [-0.15, -0.1) is 0 Å². The minimum Gasteiger partial charge on any atom is -0.457 e. The third kappa shape index (κ3) is 4.66. The van der Waals surface area contributed by atoms with Gasteiger partial charge in [0, 0.05) is 28.2 Å². The van der Waals surface area contributed by atoms with Gasteiger partial charge < -0.3 is 9.64 Å². The Hall–Kier alpha value is -5.32. The number of para-hydroxylation sites is 3. The first-order chi connectivity index (χ1) is 17.8. The quantitative estimate of drug-likeness (QED) is 0.221. The first-order valence-corrected chi connectivity index (χ1v) is 11.5. The van der Waals surface area contributed by atoms with E-state index in [1.165, 1.54) is 0 Å². The molecule has 0 atom stereocenters. The standard InChI is InChI=1S/C32H21N3O/c1-34-31(23-33)30-22-28(36-32-15-9-8-14-29(30)32)21-18-24-16-19-27(20-17-24)35(25-10-4-2-5-11-25)26-12-6-3-7-13-26/h2-22H/b21-18+,31-30+. The lowest BCUT2D eigenvalue weighted by Crippen LogP contribution is -2.09. The van der Waals surface area contributed by atoms with Crippen LogP contribution < -0.4 is 9.64 Å². The van der Waals surface area contributed by atoms with Gasteiger partial charge in [0.1, 0.15) is 11.5 Å². The summed E-state index contributed by atoms with van der Waals surface area (Å²) in [5.41, 5.74) is 5.58. The Balaban J connectivity index is 1.44. The fraction of sp³-hybridized carbons (Fsp3) is 0. The molecule has 0 radical (unpaired) electrons. The van der Waals surface area contributed by atoms with Crippen LogP contribution in [0.25, 0.3) is 16.5 Å². The Bertz CT molecular complexity index is 1500. The van der Waals surface area contributed by atoms with Gasteiger partial charge in [0.25, 0.3) is 5.70 Å². The zero-order chi connectivity index (χ0) is 24.7. The summed E-state index contributed by atoms with van der Waals surface area (Å²) in [6, 6.07) is 38.2. The zero-order valence-electron chi connectivity index (χ0n) is 19.4. The molecule has 4 aromatic carbocycles. The van der Waals surface area contributed by atoms with Crippen molar-refractivity contribution in [3.8, 4) is 11.8 Å². The summed E-state index contributed by atoms with van der Waals surface area (Å²) in [5.74, 6) is 1.20. The van der Waals surface area contributed by atoms with Crippen LogP contribution in [0.15, 0.2) is 133 Å². The Labute approximate surface area is 210 Å². The lowest BCUT2D eigenvalue weighted by Gasteiger charge is -2.25. The number of allylic oxidation sites excluding steroid dienone is 4. The maximum absolute atomic E-state index is 9.42. The minimum atomic E-state index is 0.0444. The summed E-state index contributed by atoms with van der Waals surface area (Å²) >= 11 is 0. The molecule has 0 saturated carbocycles. The second-order valence-corrected chi connectivity index (χ2v) is 8.06. The molecule has 5 rings (SSSR count). The highest BCUT2D eigenvalue weighted by atomic mass is 16.5. The van der Waals surface area contributed by atoms with Gasteiger partial charge in [-0.1, -0.05) is 72.8 Å². The molecule has 0 saturated heterocycles. The normalized spacial score (nSPS) is 13.6. The van der Waals surface area contributed by atoms with Crippen LogP contribution in [0.5, 0.6) is 5.75 Å². The lowest BCUT2D eigenvalue weighted by atomic mass is 9.99. The van der Waals surface area contributed by atoms with E-state index in [2.05, 4.69) is 58.3 Å². The van der Waals surface area contributed by atoms with Gasteiger partial charge >= 0.3 is 0 Å². The summed E-state index contributed by atoms with van der Waals surface area (Å²) in [5, 5.41) is 9.42. The van der Waals surface area contributed by atoms with E-state index in [9.17, 15) is 5.26 Å². The number of hydrogen-bond donors (Lipinski definition) is 0. The summed E-state index contributed by atoms with van der Waals surface area (Å²) in [4.78, 5) is 5.61. The van der Waals surface area contributed by atoms with Gasteiger partial charge in [-0.2, -0.15) is 0 Å². The molecule has 0 bridgehead atoms. The van der Waals surface area contributed by atoms with Crippen LogP contribution in [0.2, 0.25) is 0 Å². The average Bonchev–Trinajstić information content (AvgIpc) is 2.94. The Morgan fingerprint density at radius 3 is 1.94 bits per heavy atom. The van der Waals surface area contributed by atoms with Crippen molar-refractivity contribution in [3.63, 3.8) is 0 Å². The van der Waals surface area contributed by atoms with Gasteiger partial charge in [0.2, 0.25) is 0 Å². The molecule has 0 aliphatic carbocycles. The van der Waals surface area contributed by atoms with Crippen LogP contribution in [0.1, 0.15) is 11.1 Å². The Kier molecular flexibility index (Phi) is 6.43. The molecule has 1 heterocycles. The SMILES string of the molecule is [C-]#[N+]/C(C#N)=C1C=C(/C=C/c2ccc(N(c3ccccc3)c3ccccc3)cc2)Oc2ccccc2\1. The van der Waals surface area contributed by atoms with Crippen LogP contribution in [-0.4, -0.2) is 0 Å². The van der Waals surface area contributed by atoms with E-state index < -0.39 is 0 Å². The number of rotatable bonds is 5. The molecule has 0 amide bonds. The second-order valence-electron chi connectivity index (χ2n) is 8.06. The molecule has 0 fully saturated rings. The van der Waals surface area contributed by atoms with Gasteiger partial charge in [0.15, 0.2) is 0 Å². The number of ether oxygens (including phenoxy) is 1. The molecule has 0 N–H and O–H groups in total. The smallest absolute Gasteiger partial charge is 0.269 e. The maximum atomic E-state index is 9.42. The van der Waals surface area contributed by atoms with E-state index in [0.717, 1.165) is 28.2 Å². The van der Waals surface area contributed by atoms with E-state index in [1.807, 2.05) is 78.9 Å². The number of anilines is 3. The lowest BCUT2D eigenvalue weighted by molar-refractivity contribution is 0.439. The number of nitrogens with zero attached hydrogens (tertiary/aromatic N) is 3. The summed E-state index contributed by atoms with van der Waals surface area (Å²) in [6.07, 6.45) is 5.56. The Morgan fingerprint density at radius 2 is 1.33 bits per heavy atom. The van der Waals surface area contributed by atoms with Crippen LogP contribution in [0.3, 0.4) is 0 Å². The van der Waals surface area contributed by atoms with Gasteiger partial charge in [0.05, 0.1) is 12.6 Å². The first-order valence-electron chi connectivity index (χ1n) is 11.5. The summed E-state index contributed by atoms with van der Waals surface area (Å²) < 4.78 is 6.02. The fourth-order valence-corrected chi connectivity index (χ4v) is 4.09. The van der Waals surface area contributed by atoms with E-state index in [-0.39, 0.29) is 5.70 Å². The molecule has 1 aliphatic heterocycles. The van der Waals surface area contributed by atoms with Gasteiger partial charge in [-0.05, 0) is 60.2 Å². The van der Waals surface area contributed by atoms with E-state index >= 15 is 0 Å². The highest BCUT2D eigenvalue weighted by molar-refractivity contribution is 5.86. The van der Waals surface area contributed by atoms with Crippen LogP contribution in [-0.2, 0) is 0 Å². The molecule has 0 unspecified atom stereocenters. The molecule has 0 spiro atoms. The second kappa shape index (κ2) is 10.3. The highest BCUT2D eigenvalue weighted by Crippen LogP contribution is 2.37. The molecule has 170 valence electrons. The minimum absolute atomic E-state index is 0.0444. The predicted molar refractivity (Wildman–Crippen MR) is 144 cm³/mol. The number of nitriles is 1.